The monoisotopic (exact) mass is 225 g/mol. The maximum absolute atomic E-state index is 11.4. The molecule has 16 heavy (non-hydrogen) atoms. The van der Waals surface area contributed by atoms with Crippen molar-refractivity contribution in [2.24, 2.45) is 5.73 Å². The van der Waals surface area contributed by atoms with Crippen LogP contribution in [0.1, 0.15) is 15.9 Å². The molecule has 0 unspecified atom stereocenters. The Balaban J connectivity index is 3.31. The van der Waals surface area contributed by atoms with Gasteiger partial charge in [-0.2, -0.15) is 0 Å². The van der Waals surface area contributed by atoms with Crippen LogP contribution in [-0.2, 0) is 11.3 Å². The largest absolute Gasteiger partial charge is 0.496 e. The fourth-order valence-electron chi connectivity index (χ4n) is 1.42. The number of rotatable bonds is 4. The fourth-order valence-corrected chi connectivity index (χ4v) is 1.42. The molecule has 0 saturated carbocycles. The molecule has 0 radical (unpaired) electrons. The second-order valence-corrected chi connectivity index (χ2v) is 3.06. The minimum atomic E-state index is -0.444. The summed E-state index contributed by atoms with van der Waals surface area (Å²) in [5.41, 5.74) is 6.67. The lowest BCUT2D eigenvalue weighted by molar-refractivity contribution is 0.0600. The first kappa shape index (κ1) is 12.3. The molecule has 5 heteroatoms. The SMILES string of the molecule is COC(=O)c1cc(OC)c(CN)c(OC)c1. The molecular weight excluding hydrogens is 210 g/mol. The van der Waals surface area contributed by atoms with Crippen LogP contribution < -0.4 is 15.2 Å². The minimum absolute atomic E-state index is 0.272. The van der Waals surface area contributed by atoms with Crippen molar-refractivity contribution in [2.75, 3.05) is 21.3 Å². The first-order chi connectivity index (χ1) is 7.67. The van der Waals surface area contributed by atoms with E-state index in [1.807, 2.05) is 0 Å². The van der Waals surface area contributed by atoms with E-state index < -0.39 is 5.97 Å². The standard InChI is InChI=1S/C11H15NO4/c1-14-9-4-7(11(13)16-3)5-10(15-2)8(9)6-12/h4-5H,6,12H2,1-3H3. The van der Waals surface area contributed by atoms with E-state index in [0.717, 1.165) is 5.56 Å². The quantitative estimate of drug-likeness (QED) is 0.772. The second-order valence-electron chi connectivity index (χ2n) is 3.06. The second kappa shape index (κ2) is 5.37. The molecule has 5 nitrogen and oxygen atoms in total. The normalized spacial score (nSPS) is 9.75. The van der Waals surface area contributed by atoms with Crippen LogP contribution in [-0.4, -0.2) is 27.3 Å². The number of hydrogen-bond acceptors (Lipinski definition) is 5. The van der Waals surface area contributed by atoms with E-state index in [1.165, 1.54) is 21.3 Å². The average Bonchev–Trinajstić information content (AvgIpc) is 2.35. The highest BCUT2D eigenvalue weighted by Crippen LogP contribution is 2.30. The molecule has 0 aromatic heterocycles. The van der Waals surface area contributed by atoms with E-state index in [9.17, 15) is 4.79 Å². The Morgan fingerprint density at radius 3 is 2.00 bits per heavy atom. The van der Waals surface area contributed by atoms with Crippen molar-refractivity contribution in [3.8, 4) is 11.5 Å². The number of carbonyl (C=O) groups excluding carboxylic acids is 1. The van der Waals surface area contributed by atoms with Gasteiger partial charge in [-0.1, -0.05) is 0 Å². The van der Waals surface area contributed by atoms with Crippen LogP contribution in [0.2, 0.25) is 0 Å². The first-order valence-corrected chi connectivity index (χ1v) is 4.71. The predicted molar refractivity (Wildman–Crippen MR) is 58.8 cm³/mol. The zero-order chi connectivity index (χ0) is 12.1. The van der Waals surface area contributed by atoms with Gasteiger partial charge in [0.1, 0.15) is 11.5 Å². The summed E-state index contributed by atoms with van der Waals surface area (Å²) >= 11 is 0. The van der Waals surface area contributed by atoms with E-state index in [0.29, 0.717) is 17.1 Å². The molecule has 1 rings (SSSR count). The third-order valence-corrected chi connectivity index (χ3v) is 2.23. The van der Waals surface area contributed by atoms with Crippen LogP contribution in [0.15, 0.2) is 12.1 Å². The highest BCUT2D eigenvalue weighted by Gasteiger charge is 2.15. The number of methoxy groups -OCH3 is 3. The number of nitrogens with two attached hydrogens (primary N) is 1. The number of carbonyl (C=O) groups is 1. The van der Waals surface area contributed by atoms with Gasteiger partial charge in [0, 0.05) is 12.1 Å². The molecule has 0 aliphatic carbocycles. The molecule has 1 aromatic rings. The van der Waals surface area contributed by atoms with E-state index >= 15 is 0 Å². The average molecular weight is 225 g/mol. The first-order valence-electron chi connectivity index (χ1n) is 4.71. The smallest absolute Gasteiger partial charge is 0.338 e. The van der Waals surface area contributed by atoms with Gasteiger partial charge in [-0.15, -0.1) is 0 Å². The van der Waals surface area contributed by atoms with Crippen molar-refractivity contribution in [2.45, 2.75) is 6.54 Å². The van der Waals surface area contributed by atoms with Crippen molar-refractivity contribution in [1.29, 1.82) is 0 Å². The zero-order valence-corrected chi connectivity index (χ0v) is 9.57. The number of hydrogen-bond donors (Lipinski definition) is 1. The van der Waals surface area contributed by atoms with E-state index in [1.54, 1.807) is 12.1 Å². The van der Waals surface area contributed by atoms with Gasteiger partial charge in [-0.05, 0) is 12.1 Å². The van der Waals surface area contributed by atoms with E-state index in [4.69, 9.17) is 15.2 Å². The predicted octanol–water partition coefficient (Wildman–Crippen LogP) is 0.949. The van der Waals surface area contributed by atoms with Gasteiger partial charge < -0.3 is 19.9 Å². The van der Waals surface area contributed by atoms with Crippen LogP contribution >= 0.6 is 0 Å². The van der Waals surface area contributed by atoms with Crippen molar-refractivity contribution < 1.29 is 19.0 Å². The Hall–Kier alpha value is -1.75. The lowest BCUT2D eigenvalue weighted by Gasteiger charge is -2.13. The Morgan fingerprint density at radius 1 is 1.19 bits per heavy atom. The molecule has 0 heterocycles. The lowest BCUT2D eigenvalue weighted by atomic mass is 10.1. The number of ether oxygens (including phenoxy) is 3. The van der Waals surface area contributed by atoms with Crippen LogP contribution in [0.4, 0.5) is 0 Å². The zero-order valence-electron chi connectivity index (χ0n) is 9.57. The summed E-state index contributed by atoms with van der Waals surface area (Å²) < 4.78 is 14.9. The third kappa shape index (κ3) is 2.25. The number of benzene rings is 1. The molecule has 0 atom stereocenters. The summed E-state index contributed by atoms with van der Waals surface area (Å²) in [6.45, 7) is 0.272. The molecule has 0 bridgehead atoms. The van der Waals surface area contributed by atoms with Crippen LogP contribution in [0.5, 0.6) is 11.5 Å². The van der Waals surface area contributed by atoms with Gasteiger partial charge in [0.25, 0.3) is 0 Å². The summed E-state index contributed by atoms with van der Waals surface area (Å²) in [6, 6.07) is 3.16. The molecule has 0 amide bonds. The number of esters is 1. The molecule has 0 fully saturated rings. The van der Waals surface area contributed by atoms with Gasteiger partial charge >= 0.3 is 5.97 Å². The highest BCUT2D eigenvalue weighted by atomic mass is 16.5. The van der Waals surface area contributed by atoms with Crippen molar-refractivity contribution in [3.63, 3.8) is 0 Å². The summed E-state index contributed by atoms with van der Waals surface area (Å²) in [4.78, 5) is 11.4. The molecule has 0 saturated heterocycles. The highest BCUT2D eigenvalue weighted by molar-refractivity contribution is 5.90. The topological polar surface area (TPSA) is 70.8 Å². The summed E-state index contributed by atoms with van der Waals surface area (Å²) in [6.07, 6.45) is 0. The fraction of sp³-hybridized carbons (Fsp3) is 0.364. The molecule has 0 spiro atoms. The Bertz CT molecular complexity index is 365. The van der Waals surface area contributed by atoms with Crippen LogP contribution in [0.3, 0.4) is 0 Å². The molecule has 88 valence electrons. The van der Waals surface area contributed by atoms with Gasteiger partial charge in [0.2, 0.25) is 0 Å². The Kier molecular flexibility index (Phi) is 4.13. The Morgan fingerprint density at radius 2 is 1.69 bits per heavy atom. The Labute approximate surface area is 94.1 Å². The van der Waals surface area contributed by atoms with Gasteiger partial charge in [0.15, 0.2) is 0 Å². The van der Waals surface area contributed by atoms with Crippen LogP contribution in [0.25, 0.3) is 0 Å². The third-order valence-electron chi connectivity index (χ3n) is 2.23. The molecule has 0 aliphatic heterocycles. The van der Waals surface area contributed by atoms with Gasteiger partial charge in [0.05, 0.1) is 26.9 Å². The molecular formula is C11H15NO4. The van der Waals surface area contributed by atoms with Gasteiger partial charge in [-0.25, -0.2) is 4.79 Å². The summed E-state index contributed by atoms with van der Waals surface area (Å²) in [5, 5.41) is 0. The maximum Gasteiger partial charge on any atom is 0.338 e. The van der Waals surface area contributed by atoms with Crippen LogP contribution in [0, 0.1) is 0 Å². The summed E-state index contributed by atoms with van der Waals surface area (Å²) in [5.74, 6) is 0.588. The summed E-state index contributed by atoms with van der Waals surface area (Å²) in [7, 11) is 4.34. The lowest BCUT2D eigenvalue weighted by Crippen LogP contribution is -2.07. The molecule has 2 N–H and O–H groups in total. The minimum Gasteiger partial charge on any atom is -0.496 e. The van der Waals surface area contributed by atoms with E-state index in [-0.39, 0.29) is 6.54 Å². The molecule has 1 aromatic carbocycles. The van der Waals surface area contributed by atoms with Gasteiger partial charge in [-0.3, -0.25) is 0 Å². The maximum atomic E-state index is 11.4. The van der Waals surface area contributed by atoms with E-state index in [2.05, 4.69) is 4.74 Å². The molecule has 0 aliphatic rings. The van der Waals surface area contributed by atoms with Crippen molar-refractivity contribution in [3.05, 3.63) is 23.3 Å². The van der Waals surface area contributed by atoms with Crippen molar-refractivity contribution >= 4 is 5.97 Å². The van der Waals surface area contributed by atoms with Crippen molar-refractivity contribution in [1.82, 2.24) is 0 Å².